The number of carbonyl (C=O) groups excluding carboxylic acids is 2. The van der Waals surface area contributed by atoms with E-state index in [2.05, 4.69) is 0 Å². The molecule has 2 rings (SSSR count). The Morgan fingerprint density at radius 1 is 1.22 bits per heavy atom. The van der Waals surface area contributed by atoms with Crippen molar-refractivity contribution >= 4 is 17.5 Å². The molecule has 0 bridgehead atoms. The van der Waals surface area contributed by atoms with Crippen molar-refractivity contribution in [1.82, 2.24) is 0 Å². The van der Waals surface area contributed by atoms with Crippen LogP contribution < -0.4 is 10.6 Å². The molecule has 2 N–H and O–H groups in total. The van der Waals surface area contributed by atoms with Crippen LogP contribution in [0.2, 0.25) is 0 Å². The molecule has 18 heavy (non-hydrogen) atoms. The maximum atomic E-state index is 12.1. The Hall–Kier alpha value is -1.68. The lowest BCUT2D eigenvalue weighted by Crippen LogP contribution is -2.32. The molecule has 1 saturated heterocycles. The van der Waals surface area contributed by atoms with Crippen molar-refractivity contribution < 1.29 is 9.59 Å². The van der Waals surface area contributed by atoms with E-state index in [1.54, 1.807) is 26.0 Å². The number of hydrogen-bond donors (Lipinski definition) is 1. The molecule has 0 radical (unpaired) electrons. The van der Waals surface area contributed by atoms with E-state index in [9.17, 15) is 9.59 Å². The highest BCUT2D eigenvalue weighted by molar-refractivity contribution is 6.22. The van der Waals surface area contributed by atoms with E-state index in [1.165, 1.54) is 4.90 Å². The second-order valence-electron chi connectivity index (χ2n) is 5.48. The van der Waals surface area contributed by atoms with Crippen LogP contribution in [0.25, 0.3) is 0 Å². The second-order valence-corrected chi connectivity index (χ2v) is 5.48. The number of nitrogens with two attached hydrogens (primary N) is 1. The van der Waals surface area contributed by atoms with Gasteiger partial charge in [0.05, 0.1) is 11.1 Å². The first kappa shape index (κ1) is 12.8. The Kier molecular flexibility index (Phi) is 2.99. The Bertz CT molecular complexity index is 489. The number of amides is 2. The average Bonchev–Trinajstić information content (AvgIpc) is 2.48. The summed E-state index contributed by atoms with van der Waals surface area (Å²) in [6.45, 7) is 5.48. The summed E-state index contributed by atoms with van der Waals surface area (Å²) in [6, 6.07) is 7.20. The number of hydrogen-bond acceptors (Lipinski definition) is 3. The molecule has 1 unspecified atom stereocenters. The predicted octanol–water partition coefficient (Wildman–Crippen LogP) is 2.00. The molecule has 96 valence electrons. The van der Waals surface area contributed by atoms with Crippen molar-refractivity contribution in [3.63, 3.8) is 0 Å². The van der Waals surface area contributed by atoms with Gasteiger partial charge < -0.3 is 5.73 Å². The highest BCUT2D eigenvalue weighted by Gasteiger charge is 2.45. The fourth-order valence-corrected chi connectivity index (χ4v) is 2.14. The van der Waals surface area contributed by atoms with Gasteiger partial charge in [0.1, 0.15) is 0 Å². The van der Waals surface area contributed by atoms with Gasteiger partial charge in [-0.15, -0.1) is 0 Å². The number of benzene rings is 1. The quantitative estimate of drug-likeness (QED) is 0.812. The number of anilines is 1. The van der Waals surface area contributed by atoms with Crippen LogP contribution in [0.5, 0.6) is 0 Å². The van der Waals surface area contributed by atoms with Crippen LogP contribution >= 0.6 is 0 Å². The zero-order valence-electron chi connectivity index (χ0n) is 10.9. The zero-order valence-corrected chi connectivity index (χ0v) is 10.9. The summed E-state index contributed by atoms with van der Waals surface area (Å²) in [6.07, 6.45) is 0.265. The normalized spacial score (nSPS) is 20.3. The van der Waals surface area contributed by atoms with Gasteiger partial charge in [0.2, 0.25) is 11.8 Å². The van der Waals surface area contributed by atoms with Gasteiger partial charge >= 0.3 is 0 Å². The Morgan fingerprint density at radius 2 is 1.78 bits per heavy atom. The minimum Gasteiger partial charge on any atom is -0.324 e. The second kappa shape index (κ2) is 4.21. The molecule has 1 heterocycles. The van der Waals surface area contributed by atoms with Gasteiger partial charge in [-0.2, -0.15) is 0 Å². The van der Waals surface area contributed by atoms with Crippen molar-refractivity contribution in [2.24, 2.45) is 11.1 Å². The molecule has 2 amide bonds. The van der Waals surface area contributed by atoms with Crippen LogP contribution in [0.3, 0.4) is 0 Å². The highest BCUT2D eigenvalue weighted by atomic mass is 16.2. The van der Waals surface area contributed by atoms with Gasteiger partial charge in [-0.3, -0.25) is 14.5 Å². The third-order valence-corrected chi connectivity index (χ3v) is 3.30. The summed E-state index contributed by atoms with van der Waals surface area (Å²) in [7, 11) is 0. The third kappa shape index (κ3) is 2.04. The fourth-order valence-electron chi connectivity index (χ4n) is 2.14. The minimum absolute atomic E-state index is 0.0551. The number of imide groups is 1. The Morgan fingerprint density at radius 3 is 2.17 bits per heavy atom. The van der Waals surface area contributed by atoms with Crippen LogP contribution in [0.15, 0.2) is 24.3 Å². The third-order valence-electron chi connectivity index (χ3n) is 3.30. The van der Waals surface area contributed by atoms with Crippen molar-refractivity contribution in [3.8, 4) is 0 Å². The van der Waals surface area contributed by atoms with E-state index in [4.69, 9.17) is 5.73 Å². The molecule has 1 aromatic rings. The highest BCUT2D eigenvalue weighted by Crippen LogP contribution is 2.35. The van der Waals surface area contributed by atoms with Gasteiger partial charge in [-0.1, -0.05) is 26.0 Å². The lowest BCUT2D eigenvalue weighted by molar-refractivity contribution is -0.124. The molecule has 1 aliphatic rings. The molecular weight excluding hydrogens is 228 g/mol. The Balaban J connectivity index is 2.32. The molecule has 1 fully saturated rings. The van der Waals surface area contributed by atoms with Gasteiger partial charge in [-0.25, -0.2) is 0 Å². The monoisotopic (exact) mass is 246 g/mol. The van der Waals surface area contributed by atoms with Crippen LogP contribution in [-0.4, -0.2) is 11.8 Å². The molecule has 1 atom stereocenters. The van der Waals surface area contributed by atoms with E-state index in [0.29, 0.717) is 5.69 Å². The van der Waals surface area contributed by atoms with Crippen molar-refractivity contribution in [2.75, 3.05) is 4.90 Å². The first-order valence-electron chi connectivity index (χ1n) is 6.06. The molecule has 1 aliphatic heterocycles. The number of nitrogens with zero attached hydrogens (tertiary/aromatic N) is 1. The zero-order chi connectivity index (χ0) is 13.5. The minimum atomic E-state index is -0.600. The molecule has 0 saturated carbocycles. The summed E-state index contributed by atoms with van der Waals surface area (Å²) < 4.78 is 0. The Labute approximate surface area is 107 Å². The SMILES string of the molecule is CC(N)c1ccc(N2C(=O)CC(C)(C)C2=O)cc1. The lowest BCUT2D eigenvalue weighted by atomic mass is 9.92. The average molecular weight is 246 g/mol. The van der Waals surface area contributed by atoms with Gasteiger partial charge in [0, 0.05) is 12.5 Å². The summed E-state index contributed by atoms with van der Waals surface area (Å²) in [5.41, 5.74) is 6.78. The van der Waals surface area contributed by atoms with Crippen LogP contribution in [-0.2, 0) is 9.59 Å². The van der Waals surface area contributed by atoms with E-state index in [0.717, 1.165) is 5.56 Å². The molecule has 0 spiro atoms. The van der Waals surface area contributed by atoms with E-state index in [-0.39, 0.29) is 24.3 Å². The summed E-state index contributed by atoms with van der Waals surface area (Å²) in [5, 5.41) is 0. The molecular formula is C14H18N2O2. The van der Waals surface area contributed by atoms with Crippen LogP contribution in [0, 0.1) is 5.41 Å². The smallest absolute Gasteiger partial charge is 0.239 e. The fraction of sp³-hybridized carbons (Fsp3) is 0.429. The molecule has 4 nitrogen and oxygen atoms in total. The van der Waals surface area contributed by atoms with E-state index < -0.39 is 5.41 Å². The summed E-state index contributed by atoms with van der Waals surface area (Å²) in [5.74, 6) is -0.278. The number of carbonyl (C=O) groups is 2. The standard InChI is InChI=1S/C14H18N2O2/c1-9(15)10-4-6-11(7-5-10)16-12(17)8-14(2,3)13(16)18/h4-7,9H,8,15H2,1-3H3. The number of rotatable bonds is 2. The molecule has 0 aromatic heterocycles. The van der Waals surface area contributed by atoms with Crippen molar-refractivity contribution in [3.05, 3.63) is 29.8 Å². The van der Waals surface area contributed by atoms with Crippen LogP contribution in [0.4, 0.5) is 5.69 Å². The maximum absolute atomic E-state index is 12.1. The lowest BCUT2D eigenvalue weighted by Gasteiger charge is -2.18. The predicted molar refractivity (Wildman–Crippen MR) is 69.9 cm³/mol. The topological polar surface area (TPSA) is 63.4 Å². The molecule has 1 aromatic carbocycles. The first-order valence-corrected chi connectivity index (χ1v) is 6.06. The van der Waals surface area contributed by atoms with Gasteiger partial charge in [-0.05, 0) is 24.6 Å². The summed E-state index contributed by atoms with van der Waals surface area (Å²) >= 11 is 0. The maximum Gasteiger partial charge on any atom is 0.239 e. The van der Waals surface area contributed by atoms with Crippen LogP contribution in [0.1, 0.15) is 38.8 Å². The molecule has 4 heteroatoms. The van der Waals surface area contributed by atoms with Crippen molar-refractivity contribution in [1.29, 1.82) is 0 Å². The summed E-state index contributed by atoms with van der Waals surface area (Å²) in [4.78, 5) is 25.3. The van der Waals surface area contributed by atoms with Gasteiger partial charge in [0.25, 0.3) is 0 Å². The van der Waals surface area contributed by atoms with E-state index in [1.807, 2.05) is 19.1 Å². The van der Waals surface area contributed by atoms with Gasteiger partial charge in [0.15, 0.2) is 0 Å². The largest absolute Gasteiger partial charge is 0.324 e. The van der Waals surface area contributed by atoms with Crippen molar-refractivity contribution in [2.45, 2.75) is 33.2 Å². The molecule has 0 aliphatic carbocycles. The van der Waals surface area contributed by atoms with E-state index >= 15 is 0 Å². The first-order chi connectivity index (χ1) is 8.33.